The smallest absolute Gasteiger partial charge is 0.422 e. The lowest BCUT2D eigenvalue weighted by molar-refractivity contribution is -0.162. The highest BCUT2D eigenvalue weighted by Crippen LogP contribution is 2.30. The van der Waals surface area contributed by atoms with E-state index in [4.69, 9.17) is 0 Å². The average Bonchev–Trinajstić information content (AvgIpc) is 4.07. The molecule has 6 heterocycles. The number of hydrogen-bond donors (Lipinski definition) is 0. The highest BCUT2D eigenvalue weighted by Gasteiger charge is 2.34. The maximum Gasteiger partial charge on any atom is 0.422 e. The van der Waals surface area contributed by atoms with Gasteiger partial charge in [0.1, 0.15) is 34.0 Å². The van der Waals surface area contributed by atoms with Crippen molar-refractivity contribution in [2.75, 3.05) is 19.8 Å². The summed E-state index contributed by atoms with van der Waals surface area (Å²) in [5.74, 6) is -3.20. The van der Waals surface area contributed by atoms with E-state index < -0.39 is 56.3 Å². The van der Waals surface area contributed by atoms with E-state index in [0.717, 1.165) is 16.7 Å². The van der Waals surface area contributed by atoms with Gasteiger partial charge in [0, 0.05) is 35.3 Å². The molecule has 9 rings (SSSR count). The van der Waals surface area contributed by atoms with Crippen LogP contribution in [-0.2, 0) is 14.2 Å². The fourth-order valence-corrected chi connectivity index (χ4v) is 7.24. The SMILES string of the molecule is Cc1cccn2c(C(=O)OCC(F)(F)F)c(-c3ccccc3)nc12.Cc1cccn2c(C(=O)OCC(F)(F)F)c(-c3ccccc3)nc12.Cc1cccn2c(C(=O)OCC(F)(F)F)c(-c3ccccc3)nc12. The Balaban J connectivity index is 0.000000158. The lowest BCUT2D eigenvalue weighted by Crippen LogP contribution is -2.21. The zero-order chi connectivity index (χ0) is 52.0. The molecule has 372 valence electrons. The minimum Gasteiger partial charge on any atom is -0.451 e. The number of fused-ring (bicyclic) bond motifs is 3. The molecule has 0 amide bonds. The van der Waals surface area contributed by atoms with Crippen LogP contribution in [0.25, 0.3) is 50.7 Å². The van der Waals surface area contributed by atoms with Crippen molar-refractivity contribution < 1.29 is 68.1 Å². The molecule has 0 saturated heterocycles. The standard InChI is InChI=1S/3C17H13F3N2O2/c3*1-11-6-5-9-22-14(16(23)24-10-17(18,19)20)13(21-15(11)22)12-7-3-2-4-8-12/h3*2-9H,10H2,1H3. The number of aryl methyl sites for hydroxylation is 3. The van der Waals surface area contributed by atoms with Gasteiger partial charge in [-0.05, 0) is 55.7 Å². The molecule has 3 aromatic carbocycles. The van der Waals surface area contributed by atoms with Crippen LogP contribution in [0.4, 0.5) is 39.5 Å². The van der Waals surface area contributed by atoms with Crippen molar-refractivity contribution in [1.29, 1.82) is 0 Å². The Kier molecular flexibility index (Phi) is 15.2. The van der Waals surface area contributed by atoms with E-state index in [9.17, 15) is 53.9 Å². The molecule has 0 aliphatic rings. The lowest BCUT2D eigenvalue weighted by Gasteiger charge is -2.09. The fourth-order valence-electron chi connectivity index (χ4n) is 7.24. The maximum absolute atomic E-state index is 12.4. The predicted molar refractivity (Wildman–Crippen MR) is 245 cm³/mol. The molecule has 0 atom stereocenters. The number of alkyl halides is 9. The third-order valence-electron chi connectivity index (χ3n) is 10.4. The number of ether oxygens (including phenoxy) is 3. The average molecular weight is 1000 g/mol. The van der Waals surface area contributed by atoms with Crippen LogP contribution in [0.15, 0.2) is 146 Å². The molecule has 0 N–H and O–H groups in total. The molecule has 0 aliphatic heterocycles. The van der Waals surface area contributed by atoms with Gasteiger partial charge < -0.3 is 14.2 Å². The molecule has 72 heavy (non-hydrogen) atoms. The number of halogens is 9. The highest BCUT2D eigenvalue weighted by molar-refractivity contribution is 5.98. The van der Waals surface area contributed by atoms with Gasteiger partial charge in [-0.3, -0.25) is 13.2 Å². The van der Waals surface area contributed by atoms with Crippen LogP contribution in [0, 0.1) is 20.8 Å². The molecule has 0 saturated carbocycles. The number of nitrogens with zero attached hydrogens (tertiary/aromatic N) is 6. The van der Waals surface area contributed by atoms with E-state index in [-0.39, 0.29) is 34.2 Å². The van der Waals surface area contributed by atoms with Crippen molar-refractivity contribution in [3.8, 4) is 33.8 Å². The van der Waals surface area contributed by atoms with Gasteiger partial charge in [0.15, 0.2) is 36.9 Å². The Morgan fingerprint density at radius 1 is 0.389 bits per heavy atom. The lowest BCUT2D eigenvalue weighted by atomic mass is 10.1. The Hall–Kier alpha value is -8.49. The van der Waals surface area contributed by atoms with Crippen LogP contribution in [-0.4, -0.2) is 84.4 Å². The molecule has 9 aromatic rings. The van der Waals surface area contributed by atoms with E-state index in [1.54, 1.807) is 128 Å². The van der Waals surface area contributed by atoms with E-state index in [1.165, 1.54) is 13.2 Å². The molecule has 0 spiro atoms. The second kappa shape index (κ2) is 21.2. The fraction of sp³-hybridized carbons (Fsp3) is 0.176. The van der Waals surface area contributed by atoms with Gasteiger partial charge in [-0.15, -0.1) is 0 Å². The number of pyridine rings is 3. The topological polar surface area (TPSA) is 131 Å². The number of esters is 3. The van der Waals surface area contributed by atoms with Crippen molar-refractivity contribution in [3.63, 3.8) is 0 Å². The first-order chi connectivity index (χ1) is 34.1. The number of carbonyl (C=O) groups excluding carboxylic acids is 3. The summed E-state index contributed by atoms with van der Waals surface area (Å²) in [5, 5.41) is 0. The summed E-state index contributed by atoms with van der Waals surface area (Å²) in [4.78, 5) is 50.2. The summed E-state index contributed by atoms with van der Waals surface area (Å²) in [5.41, 5.74) is 6.54. The first kappa shape index (κ1) is 51.4. The number of benzene rings is 3. The van der Waals surface area contributed by atoms with Crippen molar-refractivity contribution in [1.82, 2.24) is 28.2 Å². The molecular formula is C51H39F9N6O6. The van der Waals surface area contributed by atoms with Gasteiger partial charge in [0.2, 0.25) is 0 Å². The Labute approximate surface area is 402 Å². The molecule has 0 radical (unpaired) electrons. The number of carbonyl (C=O) groups is 3. The van der Waals surface area contributed by atoms with Gasteiger partial charge in [-0.2, -0.15) is 39.5 Å². The van der Waals surface area contributed by atoms with Gasteiger partial charge in [-0.1, -0.05) is 109 Å². The van der Waals surface area contributed by atoms with Crippen LogP contribution in [0.3, 0.4) is 0 Å². The molecule has 0 unspecified atom stereocenters. The maximum atomic E-state index is 12.4. The minimum atomic E-state index is -4.58. The van der Waals surface area contributed by atoms with Crippen molar-refractivity contribution >= 4 is 34.8 Å². The van der Waals surface area contributed by atoms with Gasteiger partial charge in [0.05, 0.1) is 0 Å². The summed E-state index contributed by atoms with van der Waals surface area (Å²) >= 11 is 0. The second-order valence-electron chi connectivity index (χ2n) is 15.8. The van der Waals surface area contributed by atoms with E-state index in [0.29, 0.717) is 33.6 Å². The molecular weight excluding hydrogens is 964 g/mol. The van der Waals surface area contributed by atoms with Crippen LogP contribution >= 0.6 is 0 Å². The molecule has 12 nitrogen and oxygen atoms in total. The summed E-state index contributed by atoms with van der Waals surface area (Å²) in [6, 6.07) is 36.9. The minimum absolute atomic E-state index is 0.0239. The van der Waals surface area contributed by atoms with E-state index in [2.05, 4.69) is 29.2 Å². The summed E-state index contributed by atoms with van der Waals surface area (Å²) in [7, 11) is 0. The van der Waals surface area contributed by atoms with Crippen LogP contribution in [0.5, 0.6) is 0 Å². The highest BCUT2D eigenvalue weighted by atomic mass is 19.4. The number of imidazole rings is 3. The number of hydrogen-bond acceptors (Lipinski definition) is 9. The molecule has 0 fully saturated rings. The summed E-state index contributed by atoms with van der Waals surface area (Å²) < 4.78 is 129. The van der Waals surface area contributed by atoms with Crippen molar-refractivity contribution in [3.05, 3.63) is 180 Å². The van der Waals surface area contributed by atoms with Gasteiger partial charge >= 0.3 is 36.4 Å². The van der Waals surface area contributed by atoms with E-state index in [1.807, 2.05) is 39.0 Å². The second-order valence-corrected chi connectivity index (χ2v) is 15.8. The molecule has 6 aromatic heterocycles. The zero-order valence-electron chi connectivity index (χ0n) is 38.0. The summed E-state index contributed by atoms with van der Waals surface area (Å²) in [6.45, 7) is 0.503. The predicted octanol–water partition coefficient (Wildman–Crippen LogP) is 12.1. The van der Waals surface area contributed by atoms with E-state index >= 15 is 0 Å². The first-order valence-electron chi connectivity index (χ1n) is 21.4. The van der Waals surface area contributed by atoms with Gasteiger partial charge in [0.25, 0.3) is 0 Å². The largest absolute Gasteiger partial charge is 0.451 e. The van der Waals surface area contributed by atoms with Crippen LogP contribution in [0.2, 0.25) is 0 Å². The molecule has 21 heteroatoms. The normalized spacial score (nSPS) is 11.7. The summed E-state index contributed by atoms with van der Waals surface area (Å²) in [6.07, 6.45) is -9.03. The Bertz CT molecular complexity index is 3010. The van der Waals surface area contributed by atoms with Crippen molar-refractivity contribution in [2.24, 2.45) is 0 Å². The Morgan fingerprint density at radius 3 is 0.847 bits per heavy atom. The quantitative estimate of drug-likeness (QED) is 0.0788. The zero-order valence-corrected chi connectivity index (χ0v) is 38.0. The third kappa shape index (κ3) is 12.3. The van der Waals surface area contributed by atoms with Crippen LogP contribution in [0.1, 0.15) is 48.2 Å². The first-order valence-corrected chi connectivity index (χ1v) is 21.4. The third-order valence-corrected chi connectivity index (χ3v) is 10.4. The number of aromatic nitrogens is 6. The Morgan fingerprint density at radius 2 is 0.625 bits per heavy atom. The van der Waals surface area contributed by atoms with Crippen LogP contribution < -0.4 is 0 Å². The molecule has 0 aliphatic carbocycles. The monoisotopic (exact) mass is 1000 g/mol. The number of rotatable bonds is 9. The van der Waals surface area contributed by atoms with Gasteiger partial charge in [-0.25, -0.2) is 29.3 Å². The molecule has 0 bridgehead atoms. The van der Waals surface area contributed by atoms with Crippen molar-refractivity contribution in [2.45, 2.75) is 39.3 Å².